The molecule has 0 bridgehead atoms. The Morgan fingerprint density at radius 1 is 1.38 bits per heavy atom. The van der Waals surface area contributed by atoms with Crippen molar-refractivity contribution in [1.29, 1.82) is 0 Å². The van der Waals surface area contributed by atoms with Crippen molar-refractivity contribution in [2.45, 2.75) is 6.54 Å². The first-order valence-electron chi connectivity index (χ1n) is 6.23. The highest BCUT2D eigenvalue weighted by Crippen LogP contribution is 2.26. The molecule has 0 saturated carbocycles. The minimum absolute atomic E-state index is 0.0389. The van der Waals surface area contributed by atoms with Crippen LogP contribution in [0.2, 0.25) is 0 Å². The van der Waals surface area contributed by atoms with E-state index >= 15 is 0 Å². The molecule has 2 N–H and O–H groups in total. The van der Waals surface area contributed by atoms with E-state index in [4.69, 9.17) is 5.73 Å². The van der Waals surface area contributed by atoms with Crippen LogP contribution >= 0.6 is 11.3 Å². The molecule has 0 aliphatic rings. The molecule has 0 spiro atoms. The van der Waals surface area contributed by atoms with Gasteiger partial charge in [0.1, 0.15) is 5.82 Å². The van der Waals surface area contributed by atoms with Crippen molar-refractivity contribution in [1.82, 2.24) is 9.55 Å². The number of nitrogens with zero attached hydrogens (tertiary/aromatic N) is 3. The lowest BCUT2D eigenvalue weighted by Gasteiger charge is -2.09. The molecule has 0 fully saturated rings. The van der Waals surface area contributed by atoms with Crippen molar-refractivity contribution >= 4 is 22.7 Å². The number of hydrogen-bond acceptors (Lipinski definition) is 5. The molecule has 0 unspecified atom stereocenters. The van der Waals surface area contributed by atoms with Crippen molar-refractivity contribution in [3.05, 3.63) is 63.8 Å². The van der Waals surface area contributed by atoms with E-state index in [1.165, 1.54) is 12.1 Å². The van der Waals surface area contributed by atoms with Crippen LogP contribution in [0.3, 0.4) is 0 Å². The summed E-state index contributed by atoms with van der Waals surface area (Å²) in [7, 11) is 0. The van der Waals surface area contributed by atoms with Gasteiger partial charge in [0.15, 0.2) is 0 Å². The van der Waals surface area contributed by atoms with Gasteiger partial charge in [0, 0.05) is 35.8 Å². The van der Waals surface area contributed by atoms with Crippen LogP contribution in [0.1, 0.15) is 5.56 Å². The summed E-state index contributed by atoms with van der Waals surface area (Å²) in [6, 6.07) is 8.43. The van der Waals surface area contributed by atoms with Crippen LogP contribution in [0.5, 0.6) is 0 Å². The van der Waals surface area contributed by atoms with E-state index in [0.717, 1.165) is 10.7 Å². The molecule has 3 aromatic rings. The second-order valence-corrected chi connectivity index (χ2v) is 5.44. The van der Waals surface area contributed by atoms with E-state index in [9.17, 15) is 10.1 Å². The molecule has 7 heteroatoms. The monoisotopic (exact) mass is 300 g/mol. The maximum Gasteiger partial charge on any atom is 0.269 e. The van der Waals surface area contributed by atoms with Crippen LogP contribution in [0.25, 0.3) is 10.7 Å². The first kappa shape index (κ1) is 13.3. The third-order valence-electron chi connectivity index (χ3n) is 3.14. The molecular formula is C14H12N4O2S. The number of nitro benzene ring substituents is 1. The highest BCUT2D eigenvalue weighted by Gasteiger charge is 2.12. The fraction of sp³-hybridized carbons (Fsp3) is 0.0714. The summed E-state index contributed by atoms with van der Waals surface area (Å²) < 4.78 is 1.93. The Bertz CT molecular complexity index is 780. The average Bonchev–Trinajstić information content (AvgIpc) is 3.11. The number of anilines is 1. The molecule has 0 saturated heterocycles. The number of nitrogens with two attached hydrogens (primary N) is 1. The molecule has 6 nitrogen and oxygen atoms in total. The van der Waals surface area contributed by atoms with E-state index in [1.807, 2.05) is 28.3 Å². The summed E-state index contributed by atoms with van der Waals surface area (Å²) in [5, 5.41) is 12.9. The molecule has 0 aliphatic heterocycles. The van der Waals surface area contributed by atoms with Gasteiger partial charge in [0.25, 0.3) is 5.69 Å². The SMILES string of the molecule is Nc1ccc([N+](=O)[O-])cc1Cn1ccnc1-c1cccs1. The summed E-state index contributed by atoms with van der Waals surface area (Å²) in [6.45, 7) is 0.445. The Morgan fingerprint density at radius 2 is 2.24 bits per heavy atom. The predicted molar refractivity (Wildman–Crippen MR) is 82.2 cm³/mol. The highest BCUT2D eigenvalue weighted by molar-refractivity contribution is 7.13. The maximum absolute atomic E-state index is 10.9. The molecule has 3 rings (SSSR count). The summed E-state index contributed by atoms with van der Waals surface area (Å²) in [5.41, 5.74) is 7.20. The second-order valence-electron chi connectivity index (χ2n) is 4.50. The number of non-ortho nitro benzene ring substituents is 1. The van der Waals surface area contributed by atoms with Crippen LogP contribution in [0.15, 0.2) is 48.1 Å². The number of aromatic nitrogens is 2. The molecule has 1 aromatic carbocycles. The van der Waals surface area contributed by atoms with E-state index in [0.29, 0.717) is 17.8 Å². The van der Waals surface area contributed by atoms with Crippen molar-refractivity contribution < 1.29 is 4.92 Å². The van der Waals surface area contributed by atoms with Crippen LogP contribution in [-0.2, 0) is 6.54 Å². The van der Waals surface area contributed by atoms with E-state index in [2.05, 4.69) is 4.98 Å². The van der Waals surface area contributed by atoms with Crippen molar-refractivity contribution in [2.75, 3.05) is 5.73 Å². The minimum Gasteiger partial charge on any atom is -0.398 e. The standard InChI is InChI=1S/C14H12N4O2S/c15-12-4-3-11(18(19)20)8-10(12)9-17-6-5-16-14(17)13-2-1-7-21-13/h1-8H,9,15H2. The van der Waals surface area contributed by atoms with Crippen LogP contribution in [0.4, 0.5) is 11.4 Å². The van der Waals surface area contributed by atoms with Gasteiger partial charge in [0.05, 0.1) is 16.3 Å². The summed E-state index contributed by atoms with van der Waals surface area (Å²) in [6.07, 6.45) is 3.55. The lowest BCUT2D eigenvalue weighted by Crippen LogP contribution is -2.04. The third-order valence-corrected chi connectivity index (χ3v) is 4.00. The van der Waals surface area contributed by atoms with Gasteiger partial charge >= 0.3 is 0 Å². The maximum atomic E-state index is 10.9. The highest BCUT2D eigenvalue weighted by atomic mass is 32.1. The van der Waals surface area contributed by atoms with Gasteiger partial charge < -0.3 is 10.3 Å². The number of nitro groups is 1. The zero-order valence-electron chi connectivity index (χ0n) is 11.0. The molecule has 0 amide bonds. The quantitative estimate of drug-likeness (QED) is 0.455. The number of rotatable bonds is 4. The van der Waals surface area contributed by atoms with Crippen molar-refractivity contribution in [3.63, 3.8) is 0 Å². The number of imidazole rings is 1. The fourth-order valence-corrected chi connectivity index (χ4v) is 2.83. The zero-order valence-corrected chi connectivity index (χ0v) is 11.8. The smallest absolute Gasteiger partial charge is 0.269 e. The van der Waals surface area contributed by atoms with E-state index in [1.54, 1.807) is 23.6 Å². The Hall–Kier alpha value is -2.67. The lowest BCUT2D eigenvalue weighted by atomic mass is 10.1. The number of benzene rings is 1. The second kappa shape index (κ2) is 5.37. The molecule has 2 aromatic heterocycles. The minimum atomic E-state index is -0.420. The Labute approximate surface area is 124 Å². The van der Waals surface area contributed by atoms with Gasteiger partial charge in [-0.15, -0.1) is 11.3 Å². The van der Waals surface area contributed by atoms with Gasteiger partial charge in [-0.3, -0.25) is 10.1 Å². The summed E-state index contributed by atoms with van der Waals surface area (Å²) >= 11 is 1.59. The van der Waals surface area contributed by atoms with Crippen LogP contribution < -0.4 is 5.73 Å². The van der Waals surface area contributed by atoms with Crippen LogP contribution in [0, 0.1) is 10.1 Å². The van der Waals surface area contributed by atoms with Crippen LogP contribution in [-0.4, -0.2) is 14.5 Å². The molecule has 2 heterocycles. The molecular weight excluding hydrogens is 288 g/mol. The molecule has 0 atom stereocenters. The van der Waals surface area contributed by atoms with Gasteiger partial charge in [-0.1, -0.05) is 6.07 Å². The van der Waals surface area contributed by atoms with E-state index < -0.39 is 4.92 Å². The zero-order chi connectivity index (χ0) is 14.8. The Morgan fingerprint density at radius 3 is 2.95 bits per heavy atom. The predicted octanol–water partition coefficient (Wildman–Crippen LogP) is 3.15. The van der Waals surface area contributed by atoms with Gasteiger partial charge in [-0.2, -0.15) is 0 Å². The molecule has 0 aliphatic carbocycles. The number of nitrogen functional groups attached to an aromatic ring is 1. The van der Waals surface area contributed by atoms with Crippen molar-refractivity contribution in [2.24, 2.45) is 0 Å². The molecule has 106 valence electrons. The third kappa shape index (κ3) is 2.63. The van der Waals surface area contributed by atoms with E-state index in [-0.39, 0.29) is 5.69 Å². The molecule has 21 heavy (non-hydrogen) atoms. The largest absolute Gasteiger partial charge is 0.398 e. The first-order chi connectivity index (χ1) is 10.1. The summed E-state index contributed by atoms with van der Waals surface area (Å²) in [4.78, 5) is 15.8. The topological polar surface area (TPSA) is 87.0 Å². The Kier molecular flexibility index (Phi) is 3.41. The molecule has 0 radical (unpaired) electrons. The van der Waals surface area contributed by atoms with Gasteiger partial charge in [0.2, 0.25) is 0 Å². The first-order valence-corrected chi connectivity index (χ1v) is 7.11. The lowest BCUT2D eigenvalue weighted by molar-refractivity contribution is -0.384. The van der Waals surface area contributed by atoms with Gasteiger partial charge in [-0.25, -0.2) is 4.98 Å². The van der Waals surface area contributed by atoms with Gasteiger partial charge in [-0.05, 0) is 17.5 Å². The summed E-state index contributed by atoms with van der Waals surface area (Å²) in [5.74, 6) is 0.830. The Balaban J connectivity index is 1.96. The number of thiophene rings is 1. The fourth-order valence-electron chi connectivity index (χ4n) is 2.09. The number of hydrogen-bond donors (Lipinski definition) is 1. The average molecular weight is 300 g/mol. The normalized spacial score (nSPS) is 10.7. The van der Waals surface area contributed by atoms with Crippen molar-refractivity contribution in [3.8, 4) is 10.7 Å².